The van der Waals surface area contributed by atoms with Crippen LogP contribution in [0.3, 0.4) is 0 Å². The molecule has 0 spiro atoms. The second-order valence-electron chi connectivity index (χ2n) is 6.07. The lowest BCUT2D eigenvalue weighted by molar-refractivity contribution is 0.420. The molecule has 138 valence electrons. The van der Waals surface area contributed by atoms with Crippen LogP contribution in [0.4, 0.5) is 0 Å². The van der Waals surface area contributed by atoms with Crippen molar-refractivity contribution in [3.8, 4) is 16.8 Å². The van der Waals surface area contributed by atoms with Gasteiger partial charge >= 0.3 is 0 Å². The van der Waals surface area contributed by atoms with Gasteiger partial charge in [-0.3, -0.25) is 5.10 Å². The predicted molar refractivity (Wildman–Crippen MR) is 103 cm³/mol. The number of aromatic amines is 1. The van der Waals surface area contributed by atoms with E-state index in [-0.39, 0.29) is 17.1 Å². The van der Waals surface area contributed by atoms with E-state index in [2.05, 4.69) is 31.4 Å². The van der Waals surface area contributed by atoms with Gasteiger partial charge in [-0.1, -0.05) is 24.2 Å². The van der Waals surface area contributed by atoms with Crippen molar-refractivity contribution in [1.29, 1.82) is 5.26 Å². The lowest BCUT2D eigenvalue weighted by Gasteiger charge is -2.07. The van der Waals surface area contributed by atoms with E-state index in [0.717, 1.165) is 42.9 Å². The predicted octanol–water partition coefficient (Wildman–Crippen LogP) is 3.44. The van der Waals surface area contributed by atoms with Crippen LogP contribution in [-0.2, 0) is 13.0 Å². The Balaban J connectivity index is 1.52. The van der Waals surface area contributed by atoms with E-state index in [1.807, 2.05) is 22.1 Å². The molecule has 0 aromatic carbocycles. The van der Waals surface area contributed by atoms with E-state index in [0.29, 0.717) is 16.8 Å². The fourth-order valence-electron chi connectivity index (χ4n) is 2.95. The van der Waals surface area contributed by atoms with Crippen molar-refractivity contribution in [3.05, 3.63) is 34.9 Å². The quantitative estimate of drug-likeness (QED) is 0.383. The summed E-state index contributed by atoms with van der Waals surface area (Å²) in [7, 11) is 0. The Morgan fingerprint density at radius 3 is 3.11 bits per heavy atom. The molecule has 27 heavy (non-hydrogen) atoms. The number of hydrogen-bond acceptors (Lipinski definition) is 8. The summed E-state index contributed by atoms with van der Waals surface area (Å²) in [6.07, 6.45) is 4.08. The number of rotatable bonds is 5. The number of aliphatic hydroxyl groups is 1. The van der Waals surface area contributed by atoms with Gasteiger partial charge in [0.1, 0.15) is 23.2 Å². The number of aliphatic hydroxyl groups excluding tert-OH is 1. The van der Waals surface area contributed by atoms with Crippen molar-refractivity contribution in [2.75, 3.05) is 5.75 Å². The summed E-state index contributed by atoms with van der Waals surface area (Å²) in [4.78, 5) is 5.41. The van der Waals surface area contributed by atoms with Crippen LogP contribution in [0.1, 0.15) is 30.9 Å². The summed E-state index contributed by atoms with van der Waals surface area (Å²) in [6, 6.07) is 5.99. The molecule has 0 unspecified atom stereocenters. The van der Waals surface area contributed by atoms with Gasteiger partial charge < -0.3 is 9.67 Å². The lowest BCUT2D eigenvalue weighted by atomic mass is 10.2. The molecule has 0 aliphatic carbocycles. The number of nitrogens with zero attached hydrogens (tertiary/aromatic N) is 6. The first-order valence-electron chi connectivity index (χ1n) is 8.60. The molecule has 3 aromatic heterocycles. The molecule has 2 N–H and O–H groups in total. The molecular weight excluding hydrogens is 382 g/mol. The number of allylic oxidation sites excluding steroid dienone is 1. The third-order valence-electron chi connectivity index (χ3n) is 4.29. The summed E-state index contributed by atoms with van der Waals surface area (Å²) >= 11 is 2.84. The average Bonchev–Trinajstić information content (AvgIpc) is 3.40. The van der Waals surface area contributed by atoms with Crippen LogP contribution < -0.4 is 0 Å². The highest BCUT2D eigenvalue weighted by atomic mass is 32.2. The number of aryl methyl sites for hydroxylation is 1. The largest absolute Gasteiger partial charge is 0.510 e. The first-order valence-corrected chi connectivity index (χ1v) is 10.5. The molecular formula is C17H17N7OS2. The molecule has 3 aromatic rings. The first-order chi connectivity index (χ1) is 13.3. The van der Waals surface area contributed by atoms with E-state index < -0.39 is 0 Å². The highest BCUT2D eigenvalue weighted by Crippen LogP contribution is 2.26. The van der Waals surface area contributed by atoms with Crippen LogP contribution in [-0.4, -0.2) is 40.8 Å². The number of nitrogens with one attached hydrogen (secondary N) is 1. The SMILES string of the molecule is N#C/C(=C(/O)CSc1n[nH]c(-c2cccs2)n1)c1nnc2n1CCCCC2. The van der Waals surface area contributed by atoms with Gasteiger partial charge in [0.15, 0.2) is 11.6 Å². The maximum absolute atomic E-state index is 10.5. The second-order valence-corrected chi connectivity index (χ2v) is 7.96. The molecule has 10 heteroatoms. The highest BCUT2D eigenvalue weighted by Gasteiger charge is 2.21. The molecule has 0 saturated heterocycles. The van der Waals surface area contributed by atoms with E-state index in [4.69, 9.17) is 0 Å². The molecule has 0 bridgehead atoms. The third kappa shape index (κ3) is 3.74. The number of nitriles is 1. The Kier molecular flexibility index (Phi) is 5.22. The molecule has 0 fully saturated rings. The van der Waals surface area contributed by atoms with Gasteiger partial charge in [-0.15, -0.1) is 26.6 Å². The van der Waals surface area contributed by atoms with E-state index in [1.165, 1.54) is 11.8 Å². The maximum Gasteiger partial charge on any atom is 0.209 e. The average molecular weight is 400 g/mol. The van der Waals surface area contributed by atoms with Gasteiger partial charge in [0.05, 0.1) is 10.6 Å². The van der Waals surface area contributed by atoms with Gasteiger partial charge in [0, 0.05) is 13.0 Å². The molecule has 0 atom stereocenters. The fourth-order valence-corrected chi connectivity index (χ4v) is 4.29. The van der Waals surface area contributed by atoms with E-state index >= 15 is 0 Å². The van der Waals surface area contributed by atoms with Crippen molar-refractivity contribution in [2.45, 2.75) is 37.4 Å². The van der Waals surface area contributed by atoms with Crippen molar-refractivity contribution >= 4 is 28.7 Å². The Morgan fingerprint density at radius 1 is 1.37 bits per heavy atom. The number of thiophene rings is 1. The summed E-state index contributed by atoms with van der Waals surface area (Å²) in [5.74, 6) is 2.17. The number of aromatic nitrogens is 6. The summed E-state index contributed by atoms with van der Waals surface area (Å²) in [5.41, 5.74) is 0.164. The molecule has 4 heterocycles. The Bertz CT molecular complexity index is 997. The van der Waals surface area contributed by atoms with Crippen molar-refractivity contribution < 1.29 is 5.11 Å². The molecule has 1 aliphatic heterocycles. The molecule has 8 nitrogen and oxygen atoms in total. The zero-order valence-corrected chi connectivity index (χ0v) is 16.1. The molecule has 1 aliphatic rings. The van der Waals surface area contributed by atoms with Crippen LogP contribution in [0.2, 0.25) is 0 Å². The Morgan fingerprint density at radius 2 is 2.30 bits per heavy atom. The summed E-state index contributed by atoms with van der Waals surface area (Å²) in [6.45, 7) is 0.772. The van der Waals surface area contributed by atoms with Crippen molar-refractivity contribution in [3.63, 3.8) is 0 Å². The smallest absolute Gasteiger partial charge is 0.209 e. The van der Waals surface area contributed by atoms with E-state index in [9.17, 15) is 10.4 Å². The number of thioether (sulfide) groups is 1. The van der Waals surface area contributed by atoms with Crippen LogP contribution >= 0.6 is 23.1 Å². The number of fused-ring (bicyclic) bond motifs is 1. The number of hydrogen-bond donors (Lipinski definition) is 2. The zero-order valence-electron chi connectivity index (χ0n) is 14.4. The highest BCUT2D eigenvalue weighted by molar-refractivity contribution is 7.99. The van der Waals surface area contributed by atoms with E-state index in [1.54, 1.807) is 11.3 Å². The maximum atomic E-state index is 10.5. The van der Waals surface area contributed by atoms with Crippen LogP contribution in [0.15, 0.2) is 28.4 Å². The Hall–Kier alpha value is -2.64. The summed E-state index contributed by atoms with van der Waals surface area (Å²) in [5, 5.41) is 38.0. The molecule has 0 saturated carbocycles. The van der Waals surface area contributed by atoms with Crippen molar-refractivity contribution in [2.24, 2.45) is 0 Å². The monoisotopic (exact) mass is 399 g/mol. The van der Waals surface area contributed by atoms with Gasteiger partial charge in [0.25, 0.3) is 0 Å². The van der Waals surface area contributed by atoms with Gasteiger partial charge in [-0.05, 0) is 24.3 Å². The first kappa shape index (κ1) is 17.8. The van der Waals surface area contributed by atoms with Crippen LogP contribution in [0.5, 0.6) is 0 Å². The third-order valence-corrected chi connectivity index (χ3v) is 6.03. The minimum Gasteiger partial charge on any atom is -0.510 e. The minimum atomic E-state index is -0.0376. The second kappa shape index (κ2) is 7.94. The topological polar surface area (TPSA) is 116 Å². The molecule has 0 amide bonds. The Labute approximate surface area is 164 Å². The van der Waals surface area contributed by atoms with Gasteiger partial charge in [0.2, 0.25) is 5.16 Å². The standard InChI is InChI=1S/C17H17N7OS2/c18-9-11(16-22-20-14-6-2-1-3-7-24(14)16)12(25)10-27-17-19-15(21-23-17)13-5-4-8-26-13/h4-5,8,25H,1-3,6-7,10H2,(H,19,21,23)/b12-11-. The summed E-state index contributed by atoms with van der Waals surface area (Å²) < 4.78 is 1.95. The van der Waals surface area contributed by atoms with Crippen molar-refractivity contribution in [1.82, 2.24) is 29.9 Å². The normalized spacial score (nSPS) is 14.9. The van der Waals surface area contributed by atoms with Gasteiger partial charge in [-0.2, -0.15) is 5.26 Å². The lowest BCUT2D eigenvalue weighted by Crippen LogP contribution is -2.07. The van der Waals surface area contributed by atoms with Crippen LogP contribution in [0, 0.1) is 11.3 Å². The minimum absolute atomic E-state index is 0.0376. The van der Waals surface area contributed by atoms with Gasteiger partial charge in [-0.25, -0.2) is 4.98 Å². The fraction of sp³-hybridized carbons (Fsp3) is 0.353. The molecule has 4 rings (SSSR count). The number of H-pyrrole nitrogens is 1. The van der Waals surface area contributed by atoms with Crippen LogP contribution in [0.25, 0.3) is 16.3 Å². The molecule has 0 radical (unpaired) electrons. The zero-order chi connectivity index (χ0) is 18.6.